The van der Waals surface area contributed by atoms with E-state index in [9.17, 15) is 8.42 Å². The molecule has 1 saturated heterocycles. The summed E-state index contributed by atoms with van der Waals surface area (Å²) in [5.74, 6) is 0.538. The van der Waals surface area contributed by atoms with Crippen LogP contribution in [0.4, 0.5) is 0 Å². The number of nitrogens with zero attached hydrogens (tertiary/aromatic N) is 1. The number of rotatable bonds is 4. The van der Waals surface area contributed by atoms with E-state index in [2.05, 4.69) is 0 Å². The molecule has 1 aliphatic heterocycles. The average Bonchev–Trinajstić information content (AvgIpc) is 2.64. The quantitative estimate of drug-likeness (QED) is 0.797. The molecule has 0 bridgehead atoms. The van der Waals surface area contributed by atoms with Gasteiger partial charge in [-0.2, -0.15) is 4.31 Å². The highest BCUT2D eigenvalue weighted by Crippen LogP contribution is 2.22. The molecular weight excluding hydrogens is 294 g/mol. The SMILES string of the molecule is CC1CCCCCN1S(=O)(=O)Cc1ccc(CCl)cc1. The molecule has 112 valence electrons. The van der Waals surface area contributed by atoms with E-state index >= 15 is 0 Å². The highest BCUT2D eigenvalue weighted by molar-refractivity contribution is 7.88. The minimum atomic E-state index is -3.23. The first kappa shape index (κ1) is 15.8. The van der Waals surface area contributed by atoms with Crippen molar-refractivity contribution in [3.63, 3.8) is 0 Å². The molecular formula is C15H22ClNO2S. The molecule has 2 rings (SSSR count). The molecule has 0 aliphatic carbocycles. The van der Waals surface area contributed by atoms with Gasteiger partial charge in [0.2, 0.25) is 10.0 Å². The van der Waals surface area contributed by atoms with E-state index in [0.717, 1.165) is 36.8 Å². The summed E-state index contributed by atoms with van der Waals surface area (Å²) < 4.78 is 26.8. The van der Waals surface area contributed by atoms with E-state index in [1.165, 1.54) is 0 Å². The summed E-state index contributed by atoms with van der Waals surface area (Å²) in [5.41, 5.74) is 1.84. The minimum absolute atomic E-state index is 0.0832. The van der Waals surface area contributed by atoms with Gasteiger partial charge in [0.05, 0.1) is 5.75 Å². The lowest BCUT2D eigenvalue weighted by atomic mass is 10.1. The fourth-order valence-corrected chi connectivity index (χ4v) is 4.70. The Kier molecular flexibility index (Phi) is 5.47. The van der Waals surface area contributed by atoms with Gasteiger partial charge in [-0.3, -0.25) is 0 Å². The van der Waals surface area contributed by atoms with Crippen LogP contribution in [-0.4, -0.2) is 25.3 Å². The zero-order valence-corrected chi connectivity index (χ0v) is 13.5. The Morgan fingerprint density at radius 2 is 1.80 bits per heavy atom. The number of alkyl halides is 1. The fraction of sp³-hybridized carbons (Fsp3) is 0.600. The molecule has 1 heterocycles. The van der Waals surface area contributed by atoms with Gasteiger partial charge >= 0.3 is 0 Å². The highest BCUT2D eigenvalue weighted by atomic mass is 35.5. The summed E-state index contributed by atoms with van der Waals surface area (Å²) in [7, 11) is -3.23. The van der Waals surface area contributed by atoms with Gasteiger partial charge in [0, 0.05) is 18.5 Å². The zero-order chi connectivity index (χ0) is 14.6. The molecule has 0 spiro atoms. The predicted molar refractivity (Wildman–Crippen MR) is 83.3 cm³/mol. The second-order valence-electron chi connectivity index (χ2n) is 5.52. The lowest BCUT2D eigenvalue weighted by Crippen LogP contribution is -2.38. The van der Waals surface area contributed by atoms with E-state index in [1.54, 1.807) is 4.31 Å². The van der Waals surface area contributed by atoms with Crippen LogP contribution in [0.25, 0.3) is 0 Å². The van der Waals surface area contributed by atoms with Gasteiger partial charge < -0.3 is 0 Å². The molecule has 1 atom stereocenters. The molecule has 1 aromatic rings. The second-order valence-corrected chi connectivity index (χ2v) is 7.70. The monoisotopic (exact) mass is 315 g/mol. The molecule has 1 aliphatic rings. The fourth-order valence-electron chi connectivity index (χ4n) is 2.68. The Balaban J connectivity index is 2.12. The number of sulfonamides is 1. The first-order valence-electron chi connectivity index (χ1n) is 7.16. The maximum Gasteiger partial charge on any atom is 0.218 e. The van der Waals surface area contributed by atoms with E-state index in [0.29, 0.717) is 12.4 Å². The summed E-state index contributed by atoms with van der Waals surface area (Å²) in [6, 6.07) is 7.62. The molecule has 0 saturated carbocycles. The van der Waals surface area contributed by atoms with Gasteiger partial charge in [0.25, 0.3) is 0 Å². The zero-order valence-electron chi connectivity index (χ0n) is 11.9. The van der Waals surface area contributed by atoms with Gasteiger partial charge in [-0.25, -0.2) is 8.42 Å². The molecule has 1 fully saturated rings. The molecule has 0 amide bonds. The van der Waals surface area contributed by atoms with E-state index < -0.39 is 10.0 Å². The molecule has 0 N–H and O–H groups in total. The van der Waals surface area contributed by atoms with Crippen LogP contribution >= 0.6 is 11.6 Å². The van der Waals surface area contributed by atoms with Crippen molar-refractivity contribution in [1.82, 2.24) is 4.31 Å². The van der Waals surface area contributed by atoms with Crippen molar-refractivity contribution in [1.29, 1.82) is 0 Å². The Morgan fingerprint density at radius 3 is 2.45 bits per heavy atom. The third-order valence-electron chi connectivity index (χ3n) is 3.88. The van der Waals surface area contributed by atoms with Crippen molar-refractivity contribution in [2.75, 3.05) is 6.54 Å². The third-order valence-corrected chi connectivity index (χ3v) is 6.14. The standard InChI is InChI=1S/C15H22ClNO2S/c1-13-5-3-2-4-10-17(13)20(18,19)12-15-8-6-14(11-16)7-9-15/h6-9,13H,2-5,10-12H2,1H3. The molecule has 0 aromatic heterocycles. The van der Waals surface area contributed by atoms with Crippen LogP contribution in [0.1, 0.15) is 43.7 Å². The van der Waals surface area contributed by atoms with Crippen molar-refractivity contribution in [2.45, 2.75) is 50.3 Å². The summed E-state index contributed by atoms with van der Waals surface area (Å²) in [4.78, 5) is 0. The van der Waals surface area contributed by atoms with E-state index in [-0.39, 0.29) is 11.8 Å². The highest BCUT2D eigenvalue weighted by Gasteiger charge is 2.28. The molecule has 1 aromatic carbocycles. The summed E-state index contributed by atoms with van der Waals surface area (Å²) in [6.45, 7) is 2.67. The first-order valence-corrected chi connectivity index (χ1v) is 9.30. The molecule has 0 radical (unpaired) electrons. The average molecular weight is 316 g/mol. The van der Waals surface area contributed by atoms with E-state index in [4.69, 9.17) is 11.6 Å². The maximum atomic E-state index is 12.6. The topological polar surface area (TPSA) is 37.4 Å². The molecule has 5 heteroatoms. The smallest absolute Gasteiger partial charge is 0.212 e. The largest absolute Gasteiger partial charge is 0.218 e. The third kappa shape index (κ3) is 3.96. The normalized spacial score (nSPS) is 21.6. The van der Waals surface area contributed by atoms with E-state index in [1.807, 2.05) is 31.2 Å². The Hall–Kier alpha value is -0.580. The Labute approximate surface area is 127 Å². The van der Waals surface area contributed by atoms with Crippen molar-refractivity contribution in [2.24, 2.45) is 0 Å². The van der Waals surface area contributed by atoms with Crippen molar-refractivity contribution < 1.29 is 8.42 Å². The maximum absolute atomic E-state index is 12.6. The lowest BCUT2D eigenvalue weighted by molar-refractivity contribution is 0.341. The van der Waals surface area contributed by atoms with Crippen molar-refractivity contribution in [3.8, 4) is 0 Å². The Morgan fingerprint density at radius 1 is 1.15 bits per heavy atom. The summed E-state index contributed by atoms with van der Waals surface area (Å²) in [5, 5.41) is 0. The molecule has 3 nitrogen and oxygen atoms in total. The minimum Gasteiger partial charge on any atom is -0.212 e. The predicted octanol–water partition coefficient (Wildman–Crippen LogP) is 3.52. The Bertz CT molecular complexity index is 527. The lowest BCUT2D eigenvalue weighted by Gasteiger charge is -2.26. The van der Waals surface area contributed by atoms with Crippen LogP contribution in [0.5, 0.6) is 0 Å². The number of hydrogen-bond donors (Lipinski definition) is 0. The molecule has 1 unspecified atom stereocenters. The summed E-state index contributed by atoms with van der Waals surface area (Å²) >= 11 is 5.74. The van der Waals surface area contributed by atoms with Crippen LogP contribution in [0.15, 0.2) is 24.3 Å². The van der Waals surface area contributed by atoms with Gasteiger partial charge in [-0.05, 0) is 30.9 Å². The molecule has 20 heavy (non-hydrogen) atoms. The van der Waals surface area contributed by atoms with Crippen molar-refractivity contribution >= 4 is 21.6 Å². The van der Waals surface area contributed by atoms with Gasteiger partial charge in [0.1, 0.15) is 0 Å². The van der Waals surface area contributed by atoms with Crippen LogP contribution in [0.2, 0.25) is 0 Å². The number of benzene rings is 1. The van der Waals surface area contributed by atoms with Gasteiger partial charge in [0.15, 0.2) is 0 Å². The van der Waals surface area contributed by atoms with Crippen molar-refractivity contribution in [3.05, 3.63) is 35.4 Å². The first-order chi connectivity index (χ1) is 9.53. The summed E-state index contributed by atoms with van der Waals surface area (Å²) in [6.07, 6.45) is 4.18. The van der Waals surface area contributed by atoms with Gasteiger partial charge in [-0.1, -0.05) is 37.1 Å². The van der Waals surface area contributed by atoms with Gasteiger partial charge in [-0.15, -0.1) is 11.6 Å². The van der Waals surface area contributed by atoms with Crippen LogP contribution < -0.4 is 0 Å². The number of hydrogen-bond acceptors (Lipinski definition) is 2. The van der Waals surface area contributed by atoms with Crippen LogP contribution in [0, 0.1) is 0 Å². The van der Waals surface area contributed by atoms with Crippen LogP contribution in [0.3, 0.4) is 0 Å². The number of halogens is 1. The second kappa shape index (κ2) is 6.92. The van der Waals surface area contributed by atoms with Crippen LogP contribution in [-0.2, 0) is 21.7 Å².